The minimum Gasteiger partial charge on any atom is -0.422 e. The van der Waals surface area contributed by atoms with E-state index >= 15 is 0 Å². The molecule has 0 fully saturated rings. The Kier molecular flexibility index (Phi) is 4.28. The molecular weight excluding hydrogens is 316 g/mol. The van der Waals surface area contributed by atoms with E-state index in [0.29, 0.717) is 21.6 Å². The van der Waals surface area contributed by atoms with Crippen LogP contribution in [0.3, 0.4) is 0 Å². The highest BCUT2D eigenvalue weighted by Crippen LogP contribution is 2.18. The Balaban J connectivity index is 1.99. The normalized spacial score (nSPS) is 10.9. The van der Waals surface area contributed by atoms with E-state index in [1.807, 2.05) is 0 Å². The van der Waals surface area contributed by atoms with Crippen molar-refractivity contribution in [2.75, 3.05) is 0 Å². The highest BCUT2D eigenvalue weighted by atomic mass is 35.5. The zero-order valence-corrected chi connectivity index (χ0v) is 12.8. The predicted octanol–water partition coefficient (Wildman–Crippen LogP) is 3.36. The molecule has 4 nitrogen and oxygen atoms in total. The average Bonchev–Trinajstić information content (AvgIpc) is 2.53. The third-order valence-corrected chi connectivity index (χ3v) is 3.77. The van der Waals surface area contributed by atoms with Gasteiger partial charge in [0.25, 0.3) is 0 Å². The largest absolute Gasteiger partial charge is 0.422 e. The zero-order chi connectivity index (χ0) is 16.4. The standard InChI is InChI=1S/C18H13ClO4/c19-14-3-1-2-11(7-14)8-16(21)15-9-13-6-12(10-20)4-5-17(13)23-18(15)22/h1-7,9,20H,8,10H2. The second-order valence-corrected chi connectivity index (χ2v) is 5.64. The van der Waals surface area contributed by atoms with Gasteiger partial charge in [-0.3, -0.25) is 4.79 Å². The van der Waals surface area contributed by atoms with Crippen LogP contribution in [0.5, 0.6) is 0 Å². The van der Waals surface area contributed by atoms with Gasteiger partial charge in [0.1, 0.15) is 11.1 Å². The van der Waals surface area contributed by atoms with Crippen LogP contribution in [0.2, 0.25) is 5.02 Å². The van der Waals surface area contributed by atoms with Gasteiger partial charge in [0.2, 0.25) is 0 Å². The molecule has 0 saturated carbocycles. The van der Waals surface area contributed by atoms with Gasteiger partial charge in [-0.15, -0.1) is 0 Å². The summed E-state index contributed by atoms with van der Waals surface area (Å²) in [6.45, 7) is -0.124. The van der Waals surface area contributed by atoms with Crippen LogP contribution < -0.4 is 5.63 Å². The zero-order valence-electron chi connectivity index (χ0n) is 12.1. The fourth-order valence-corrected chi connectivity index (χ4v) is 2.61. The van der Waals surface area contributed by atoms with Gasteiger partial charge in [0.15, 0.2) is 5.78 Å². The van der Waals surface area contributed by atoms with Crippen LogP contribution >= 0.6 is 11.6 Å². The van der Waals surface area contributed by atoms with E-state index < -0.39 is 5.63 Å². The maximum absolute atomic E-state index is 12.4. The average molecular weight is 329 g/mol. The summed E-state index contributed by atoms with van der Waals surface area (Å²) in [6, 6.07) is 13.4. The number of rotatable bonds is 4. The van der Waals surface area contributed by atoms with Crippen LogP contribution in [-0.4, -0.2) is 10.9 Å². The first kappa shape index (κ1) is 15.5. The summed E-state index contributed by atoms with van der Waals surface area (Å²) in [5.41, 5.74) is 1.12. The fourth-order valence-electron chi connectivity index (χ4n) is 2.39. The van der Waals surface area contributed by atoms with Crippen LogP contribution in [0.4, 0.5) is 0 Å². The molecule has 1 heterocycles. The molecule has 3 rings (SSSR count). The number of hydrogen-bond donors (Lipinski definition) is 1. The van der Waals surface area contributed by atoms with Crippen molar-refractivity contribution < 1.29 is 14.3 Å². The van der Waals surface area contributed by atoms with E-state index in [-0.39, 0.29) is 24.4 Å². The molecule has 0 atom stereocenters. The molecule has 23 heavy (non-hydrogen) atoms. The van der Waals surface area contributed by atoms with Crippen molar-refractivity contribution in [2.24, 2.45) is 0 Å². The maximum Gasteiger partial charge on any atom is 0.347 e. The van der Waals surface area contributed by atoms with Crippen LogP contribution in [0.25, 0.3) is 11.0 Å². The molecule has 3 aromatic rings. The first-order chi connectivity index (χ1) is 11.1. The summed E-state index contributed by atoms with van der Waals surface area (Å²) in [6.07, 6.45) is 0.0660. The molecule has 2 aromatic carbocycles. The molecule has 0 unspecified atom stereocenters. The Labute approximate surface area is 136 Å². The molecule has 1 N–H and O–H groups in total. The van der Waals surface area contributed by atoms with E-state index in [9.17, 15) is 14.7 Å². The molecule has 0 radical (unpaired) electrons. The second-order valence-electron chi connectivity index (χ2n) is 5.21. The van der Waals surface area contributed by atoms with E-state index in [1.54, 1.807) is 42.5 Å². The SMILES string of the molecule is O=C(Cc1cccc(Cl)c1)c1cc2cc(CO)ccc2oc1=O. The molecule has 0 aliphatic heterocycles. The van der Waals surface area contributed by atoms with E-state index in [1.165, 1.54) is 6.07 Å². The maximum atomic E-state index is 12.4. The van der Waals surface area contributed by atoms with Gasteiger partial charge in [-0.2, -0.15) is 0 Å². The molecule has 0 aliphatic rings. The molecular formula is C18H13ClO4. The summed E-state index contributed by atoms with van der Waals surface area (Å²) in [5, 5.41) is 10.3. The molecule has 0 saturated heterocycles. The van der Waals surface area contributed by atoms with Gasteiger partial charge < -0.3 is 9.52 Å². The Morgan fingerprint density at radius 3 is 2.65 bits per heavy atom. The van der Waals surface area contributed by atoms with Gasteiger partial charge in [0, 0.05) is 16.8 Å². The third kappa shape index (κ3) is 3.33. The first-order valence-electron chi connectivity index (χ1n) is 7.02. The monoisotopic (exact) mass is 328 g/mol. The topological polar surface area (TPSA) is 67.5 Å². The molecule has 1 aromatic heterocycles. The highest BCUT2D eigenvalue weighted by Gasteiger charge is 2.14. The number of halogens is 1. The van der Waals surface area contributed by atoms with Crippen LogP contribution in [-0.2, 0) is 13.0 Å². The van der Waals surface area contributed by atoms with Crippen molar-refractivity contribution in [3.63, 3.8) is 0 Å². The quantitative estimate of drug-likeness (QED) is 0.589. The lowest BCUT2D eigenvalue weighted by molar-refractivity contribution is 0.0989. The Morgan fingerprint density at radius 1 is 1.09 bits per heavy atom. The summed E-state index contributed by atoms with van der Waals surface area (Å²) in [4.78, 5) is 24.4. The summed E-state index contributed by atoms with van der Waals surface area (Å²) < 4.78 is 5.19. The highest BCUT2D eigenvalue weighted by molar-refractivity contribution is 6.30. The van der Waals surface area contributed by atoms with Crippen molar-refractivity contribution in [1.29, 1.82) is 0 Å². The predicted molar refractivity (Wildman–Crippen MR) is 87.9 cm³/mol. The van der Waals surface area contributed by atoms with Crippen LogP contribution in [0.1, 0.15) is 21.5 Å². The molecule has 0 amide bonds. The van der Waals surface area contributed by atoms with E-state index in [0.717, 1.165) is 5.56 Å². The number of aliphatic hydroxyl groups is 1. The second kappa shape index (κ2) is 6.36. The number of fused-ring (bicyclic) bond motifs is 1. The Morgan fingerprint density at radius 2 is 1.91 bits per heavy atom. The van der Waals surface area contributed by atoms with E-state index in [2.05, 4.69) is 0 Å². The molecule has 5 heteroatoms. The van der Waals surface area contributed by atoms with Gasteiger partial charge in [0.05, 0.1) is 6.61 Å². The minimum absolute atomic E-state index is 0.00688. The van der Waals surface area contributed by atoms with Crippen molar-refractivity contribution in [3.05, 3.63) is 80.7 Å². The molecule has 0 bridgehead atoms. The number of hydrogen-bond acceptors (Lipinski definition) is 4. The van der Waals surface area contributed by atoms with E-state index in [4.69, 9.17) is 16.0 Å². The van der Waals surface area contributed by atoms with Crippen molar-refractivity contribution in [1.82, 2.24) is 0 Å². The minimum atomic E-state index is -0.665. The third-order valence-electron chi connectivity index (χ3n) is 3.53. The number of carbonyl (C=O) groups is 1. The number of benzene rings is 2. The molecule has 0 spiro atoms. The lowest BCUT2D eigenvalue weighted by Crippen LogP contribution is -2.15. The van der Waals surface area contributed by atoms with Crippen LogP contribution in [0, 0.1) is 0 Å². The summed E-state index contributed by atoms with van der Waals surface area (Å²) >= 11 is 5.90. The summed E-state index contributed by atoms with van der Waals surface area (Å²) in [5.74, 6) is -0.336. The van der Waals surface area contributed by atoms with Crippen molar-refractivity contribution in [2.45, 2.75) is 13.0 Å². The Hall–Kier alpha value is -2.43. The number of aliphatic hydroxyl groups excluding tert-OH is 1. The lowest BCUT2D eigenvalue weighted by Gasteiger charge is -2.04. The smallest absolute Gasteiger partial charge is 0.347 e. The van der Waals surface area contributed by atoms with Crippen molar-refractivity contribution >= 4 is 28.4 Å². The first-order valence-corrected chi connectivity index (χ1v) is 7.40. The summed E-state index contributed by atoms with van der Waals surface area (Å²) in [7, 11) is 0. The number of carbonyl (C=O) groups excluding carboxylic acids is 1. The Bertz CT molecular complexity index is 943. The van der Waals surface area contributed by atoms with Gasteiger partial charge in [-0.05, 0) is 41.5 Å². The van der Waals surface area contributed by atoms with Gasteiger partial charge in [-0.25, -0.2) is 4.79 Å². The van der Waals surface area contributed by atoms with Crippen molar-refractivity contribution in [3.8, 4) is 0 Å². The number of Topliss-reactive ketones (excluding diaryl/α,β-unsaturated/α-hetero) is 1. The van der Waals surface area contributed by atoms with Gasteiger partial charge >= 0.3 is 5.63 Å². The van der Waals surface area contributed by atoms with Gasteiger partial charge in [-0.1, -0.05) is 29.8 Å². The number of ketones is 1. The van der Waals surface area contributed by atoms with Crippen LogP contribution in [0.15, 0.2) is 57.7 Å². The lowest BCUT2D eigenvalue weighted by atomic mass is 10.0. The fraction of sp³-hybridized carbons (Fsp3) is 0.111. The molecule has 116 valence electrons. The molecule has 0 aliphatic carbocycles.